The molecule has 0 spiro atoms. The molecule has 2 aliphatic rings. The molecular weight excluding hydrogens is 397 g/mol. The molecule has 2 amide bonds. The maximum absolute atomic E-state index is 14.1. The fourth-order valence-electron chi connectivity index (χ4n) is 4.46. The Bertz CT molecular complexity index is 1200. The summed E-state index contributed by atoms with van der Waals surface area (Å²) in [4.78, 5) is 32.0. The van der Waals surface area contributed by atoms with Gasteiger partial charge in [-0.25, -0.2) is 9.37 Å². The first kappa shape index (κ1) is 19.7. The van der Waals surface area contributed by atoms with Crippen LogP contribution in [0.4, 0.5) is 4.39 Å². The lowest BCUT2D eigenvalue weighted by Crippen LogP contribution is -2.29. The molecule has 160 valence electrons. The number of pyridine rings is 1. The Labute approximate surface area is 179 Å². The van der Waals surface area contributed by atoms with E-state index >= 15 is 0 Å². The summed E-state index contributed by atoms with van der Waals surface area (Å²) < 4.78 is 15.8. The molecule has 1 unspecified atom stereocenters. The van der Waals surface area contributed by atoms with Crippen molar-refractivity contribution in [2.45, 2.75) is 31.1 Å². The van der Waals surface area contributed by atoms with Crippen LogP contribution < -0.4 is 5.32 Å². The van der Waals surface area contributed by atoms with Gasteiger partial charge in [0, 0.05) is 44.7 Å². The van der Waals surface area contributed by atoms with Crippen molar-refractivity contribution < 1.29 is 14.0 Å². The molecule has 1 aromatic carbocycles. The van der Waals surface area contributed by atoms with Gasteiger partial charge in [-0.05, 0) is 37.5 Å². The van der Waals surface area contributed by atoms with Gasteiger partial charge in [0.15, 0.2) is 5.65 Å². The first-order valence-electron chi connectivity index (χ1n) is 10.6. The number of fused-ring (bicyclic) bond motifs is 1. The van der Waals surface area contributed by atoms with Gasteiger partial charge in [-0.15, -0.1) is 0 Å². The lowest BCUT2D eigenvalue weighted by Gasteiger charge is -2.17. The maximum atomic E-state index is 14.1. The number of amides is 2. The first-order chi connectivity index (χ1) is 15.0. The van der Waals surface area contributed by atoms with E-state index in [4.69, 9.17) is 10.1 Å². The summed E-state index contributed by atoms with van der Waals surface area (Å²) in [6.07, 6.45) is 2.88. The Morgan fingerprint density at radius 1 is 1.13 bits per heavy atom. The van der Waals surface area contributed by atoms with Crippen molar-refractivity contribution in [3.63, 3.8) is 0 Å². The van der Waals surface area contributed by atoms with Gasteiger partial charge in [0.05, 0.1) is 22.2 Å². The van der Waals surface area contributed by atoms with Crippen LogP contribution in [0.3, 0.4) is 0 Å². The summed E-state index contributed by atoms with van der Waals surface area (Å²) in [5.74, 6) is -0.636. The highest BCUT2D eigenvalue weighted by molar-refractivity contribution is 6.06. The molecule has 1 aliphatic carbocycles. The Morgan fingerprint density at radius 2 is 1.90 bits per heavy atom. The second-order valence-corrected chi connectivity index (χ2v) is 8.37. The molecule has 2 fully saturated rings. The highest BCUT2D eigenvalue weighted by Crippen LogP contribution is 2.41. The molecule has 0 radical (unpaired) electrons. The van der Waals surface area contributed by atoms with E-state index in [-0.39, 0.29) is 23.3 Å². The van der Waals surface area contributed by atoms with Gasteiger partial charge < -0.3 is 10.2 Å². The van der Waals surface area contributed by atoms with Crippen LogP contribution >= 0.6 is 0 Å². The molecule has 5 rings (SSSR count). The third-order valence-corrected chi connectivity index (χ3v) is 6.27. The van der Waals surface area contributed by atoms with E-state index in [2.05, 4.69) is 5.32 Å². The molecule has 1 saturated carbocycles. The van der Waals surface area contributed by atoms with Crippen LogP contribution in [-0.2, 0) is 7.05 Å². The van der Waals surface area contributed by atoms with Gasteiger partial charge in [-0.1, -0.05) is 12.1 Å². The molecule has 1 aliphatic heterocycles. The first-order valence-corrected chi connectivity index (χ1v) is 10.6. The highest BCUT2D eigenvalue weighted by Gasteiger charge is 2.34. The van der Waals surface area contributed by atoms with E-state index in [1.54, 1.807) is 28.8 Å². The van der Waals surface area contributed by atoms with Gasteiger partial charge in [0.2, 0.25) is 0 Å². The van der Waals surface area contributed by atoms with Crippen molar-refractivity contribution in [3.05, 3.63) is 58.7 Å². The molecule has 3 aromatic rings. The van der Waals surface area contributed by atoms with Gasteiger partial charge in [-0.2, -0.15) is 5.10 Å². The van der Waals surface area contributed by atoms with E-state index in [1.807, 2.05) is 13.1 Å². The Morgan fingerprint density at radius 3 is 2.61 bits per heavy atom. The summed E-state index contributed by atoms with van der Waals surface area (Å²) in [6.45, 7) is 0.940. The third-order valence-electron chi connectivity index (χ3n) is 6.27. The summed E-state index contributed by atoms with van der Waals surface area (Å²) in [5.41, 5.74) is 3.06. The van der Waals surface area contributed by atoms with Crippen molar-refractivity contribution in [2.24, 2.45) is 7.05 Å². The van der Waals surface area contributed by atoms with Crippen molar-refractivity contribution >= 4 is 22.8 Å². The molecular formula is C23H24FN5O2. The van der Waals surface area contributed by atoms with E-state index < -0.39 is 5.82 Å². The molecule has 0 bridgehead atoms. The monoisotopic (exact) mass is 421 g/mol. The van der Waals surface area contributed by atoms with Crippen LogP contribution in [0.25, 0.3) is 11.0 Å². The molecule has 3 heterocycles. The second kappa shape index (κ2) is 7.44. The van der Waals surface area contributed by atoms with Crippen molar-refractivity contribution in [2.75, 3.05) is 20.1 Å². The lowest BCUT2D eigenvalue weighted by molar-refractivity contribution is 0.0785. The summed E-state index contributed by atoms with van der Waals surface area (Å²) >= 11 is 0. The zero-order valence-electron chi connectivity index (χ0n) is 17.6. The zero-order valence-corrected chi connectivity index (χ0v) is 17.6. The number of hydrogen-bond donors (Lipinski definition) is 1. The quantitative estimate of drug-likeness (QED) is 0.702. The van der Waals surface area contributed by atoms with Crippen LogP contribution in [0.5, 0.6) is 0 Å². The molecule has 1 N–H and O–H groups in total. The Balaban J connectivity index is 1.51. The standard InChI is InChI=1S/C23H24FN5O2/c1-25-22(30)16-11-18(13-7-8-13)26-21-19(16)20(27-28(21)2)14-9-10-29(12-14)23(31)15-5-3-4-6-17(15)24/h3-6,11,13-14H,7-10,12H2,1-2H3,(H,25,30). The number of nitrogens with zero attached hydrogens (tertiary/aromatic N) is 4. The molecule has 8 heteroatoms. The summed E-state index contributed by atoms with van der Waals surface area (Å²) in [7, 11) is 3.45. The van der Waals surface area contributed by atoms with Gasteiger partial charge in [0.1, 0.15) is 5.82 Å². The topological polar surface area (TPSA) is 80.1 Å². The largest absolute Gasteiger partial charge is 0.355 e. The Hall–Kier alpha value is -3.29. The van der Waals surface area contributed by atoms with E-state index in [9.17, 15) is 14.0 Å². The fourth-order valence-corrected chi connectivity index (χ4v) is 4.46. The average Bonchev–Trinajstić information content (AvgIpc) is 3.42. The fraction of sp³-hybridized carbons (Fsp3) is 0.391. The Kier molecular flexibility index (Phi) is 4.72. The van der Waals surface area contributed by atoms with Crippen molar-refractivity contribution in [1.82, 2.24) is 25.0 Å². The van der Waals surface area contributed by atoms with E-state index in [1.165, 1.54) is 12.1 Å². The van der Waals surface area contributed by atoms with Crippen LogP contribution in [-0.4, -0.2) is 51.6 Å². The molecule has 31 heavy (non-hydrogen) atoms. The normalized spacial score (nSPS) is 18.5. The number of carbonyl (C=O) groups is 2. The minimum Gasteiger partial charge on any atom is -0.355 e. The minimum absolute atomic E-state index is 0.0450. The zero-order chi connectivity index (χ0) is 21.7. The van der Waals surface area contributed by atoms with Crippen LogP contribution in [0.2, 0.25) is 0 Å². The molecule has 2 aromatic heterocycles. The predicted octanol–water partition coefficient (Wildman–Crippen LogP) is 2.97. The van der Waals surface area contributed by atoms with Crippen LogP contribution in [0.15, 0.2) is 30.3 Å². The number of nitrogens with one attached hydrogen (secondary N) is 1. The molecule has 1 saturated heterocycles. The number of carbonyl (C=O) groups excluding carboxylic acids is 2. The minimum atomic E-state index is -0.516. The number of aryl methyl sites for hydroxylation is 1. The lowest BCUT2D eigenvalue weighted by atomic mass is 9.98. The maximum Gasteiger partial charge on any atom is 0.256 e. The van der Waals surface area contributed by atoms with E-state index in [0.29, 0.717) is 36.6 Å². The van der Waals surface area contributed by atoms with Crippen molar-refractivity contribution in [3.8, 4) is 0 Å². The number of aromatic nitrogens is 3. The van der Waals surface area contributed by atoms with Gasteiger partial charge in [0.25, 0.3) is 11.8 Å². The van der Waals surface area contributed by atoms with Crippen LogP contribution in [0.1, 0.15) is 63.2 Å². The smallest absolute Gasteiger partial charge is 0.256 e. The van der Waals surface area contributed by atoms with Crippen LogP contribution in [0, 0.1) is 5.82 Å². The number of rotatable bonds is 4. The highest BCUT2D eigenvalue weighted by atomic mass is 19.1. The van der Waals surface area contributed by atoms with E-state index in [0.717, 1.165) is 29.6 Å². The SMILES string of the molecule is CNC(=O)c1cc(C2CC2)nc2c1c(C1CCN(C(=O)c3ccccc3F)C1)nn2C. The second-order valence-electron chi connectivity index (χ2n) is 8.37. The predicted molar refractivity (Wildman–Crippen MR) is 114 cm³/mol. The number of likely N-dealkylation sites (tertiary alicyclic amines) is 1. The van der Waals surface area contributed by atoms with Crippen molar-refractivity contribution in [1.29, 1.82) is 0 Å². The summed E-state index contributed by atoms with van der Waals surface area (Å²) in [5, 5.41) is 8.19. The number of halogens is 1. The number of hydrogen-bond acceptors (Lipinski definition) is 4. The van der Waals surface area contributed by atoms with Gasteiger partial charge in [-0.3, -0.25) is 14.3 Å². The molecule has 7 nitrogen and oxygen atoms in total. The average molecular weight is 421 g/mol. The molecule has 1 atom stereocenters. The number of benzene rings is 1. The van der Waals surface area contributed by atoms with Gasteiger partial charge >= 0.3 is 0 Å². The summed E-state index contributed by atoms with van der Waals surface area (Å²) in [6, 6.07) is 7.93. The third kappa shape index (κ3) is 3.36.